The second-order valence-corrected chi connectivity index (χ2v) is 7.71. The zero-order valence-corrected chi connectivity index (χ0v) is 16.6. The maximum atomic E-state index is 8.93. The predicted molar refractivity (Wildman–Crippen MR) is 102 cm³/mol. The van der Waals surface area contributed by atoms with E-state index in [-0.39, 0.29) is 11.1 Å². The maximum Gasteiger partial charge on any atom is 0.0734 e. The molecule has 0 aliphatic carbocycles. The van der Waals surface area contributed by atoms with Gasteiger partial charge in [0, 0.05) is 0 Å². The van der Waals surface area contributed by atoms with Gasteiger partial charge in [0.15, 0.2) is 0 Å². The van der Waals surface area contributed by atoms with Gasteiger partial charge in [0.1, 0.15) is 0 Å². The highest BCUT2D eigenvalue weighted by atomic mass is 16.4. The number of nitrogens with zero attached hydrogens (tertiary/aromatic N) is 2. The van der Waals surface area contributed by atoms with Crippen LogP contribution in [0.25, 0.3) is 0 Å². The number of hydrogen-bond donors (Lipinski definition) is 4. The Kier molecular flexibility index (Phi) is 10.2. The van der Waals surface area contributed by atoms with Crippen LogP contribution in [0.15, 0.2) is 10.3 Å². The standard InChI is InChI=1S/C18H38N4O2/c1-8-9-16(10-12-19-17(4,5)14(2)21-23)11-13-20-18(6,7)15(3)22-24/h16,19-20,23-24H,8-13H2,1-7H3/b21-14-,22-15+. The van der Waals surface area contributed by atoms with E-state index < -0.39 is 0 Å². The zero-order chi connectivity index (χ0) is 18.8. The van der Waals surface area contributed by atoms with E-state index in [0.29, 0.717) is 17.3 Å². The summed E-state index contributed by atoms with van der Waals surface area (Å²) in [5.41, 5.74) is 0.800. The van der Waals surface area contributed by atoms with Gasteiger partial charge in [-0.05, 0) is 73.4 Å². The van der Waals surface area contributed by atoms with Gasteiger partial charge in [-0.1, -0.05) is 30.1 Å². The monoisotopic (exact) mass is 342 g/mol. The number of rotatable bonds is 12. The molecular weight excluding hydrogens is 304 g/mol. The predicted octanol–water partition coefficient (Wildman–Crippen LogP) is 3.62. The Labute approximate surface area is 147 Å². The van der Waals surface area contributed by atoms with Gasteiger partial charge in [0.2, 0.25) is 0 Å². The lowest BCUT2D eigenvalue weighted by atomic mass is 9.93. The van der Waals surface area contributed by atoms with Gasteiger partial charge in [-0.2, -0.15) is 0 Å². The van der Waals surface area contributed by atoms with E-state index in [4.69, 9.17) is 10.4 Å². The van der Waals surface area contributed by atoms with E-state index in [2.05, 4.69) is 27.9 Å². The summed E-state index contributed by atoms with van der Waals surface area (Å²) in [5, 5.41) is 31.4. The summed E-state index contributed by atoms with van der Waals surface area (Å²) < 4.78 is 0. The Morgan fingerprint density at radius 2 is 1.21 bits per heavy atom. The van der Waals surface area contributed by atoms with Crippen molar-refractivity contribution in [2.75, 3.05) is 13.1 Å². The fraction of sp³-hybridized carbons (Fsp3) is 0.889. The van der Waals surface area contributed by atoms with E-state index in [1.54, 1.807) is 0 Å². The fourth-order valence-corrected chi connectivity index (χ4v) is 2.52. The van der Waals surface area contributed by atoms with Crippen LogP contribution in [0.2, 0.25) is 0 Å². The maximum absolute atomic E-state index is 8.93. The molecule has 0 rings (SSSR count). The van der Waals surface area contributed by atoms with Crippen LogP contribution < -0.4 is 10.6 Å². The Morgan fingerprint density at radius 3 is 1.50 bits per heavy atom. The quantitative estimate of drug-likeness (QED) is 0.248. The van der Waals surface area contributed by atoms with Crippen LogP contribution in [0.5, 0.6) is 0 Å². The molecule has 24 heavy (non-hydrogen) atoms. The van der Waals surface area contributed by atoms with Crippen molar-refractivity contribution in [3.63, 3.8) is 0 Å². The lowest BCUT2D eigenvalue weighted by Crippen LogP contribution is -2.47. The van der Waals surface area contributed by atoms with Crippen molar-refractivity contribution >= 4 is 11.4 Å². The number of hydrogen-bond acceptors (Lipinski definition) is 6. The first-order valence-electron chi connectivity index (χ1n) is 8.99. The van der Waals surface area contributed by atoms with E-state index in [0.717, 1.165) is 25.9 Å². The van der Waals surface area contributed by atoms with Crippen molar-refractivity contribution in [3.05, 3.63) is 0 Å². The van der Waals surface area contributed by atoms with Gasteiger partial charge >= 0.3 is 0 Å². The molecule has 0 spiro atoms. The second kappa shape index (κ2) is 10.7. The third-order valence-electron chi connectivity index (χ3n) is 5.04. The Morgan fingerprint density at radius 1 is 0.833 bits per heavy atom. The largest absolute Gasteiger partial charge is 0.411 e. The molecular formula is C18H38N4O2. The third kappa shape index (κ3) is 8.11. The topological polar surface area (TPSA) is 89.2 Å². The van der Waals surface area contributed by atoms with Gasteiger partial charge in [-0.15, -0.1) is 0 Å². The average molecular weight is 343 g/mol. The molecule has 0 bridgehead atoms. The first-order valence-corrected chi connectivity index (χ1v) is 8.99. The zero-order valence-electron chi connectivity index (χ0n) is 16.6. The molecule has 0 radical (unpaired) electrons. The minimum Gasteiger partial charge on any atom is -0.411 e. The summed E-state index contributed by atoms with van der Waals surface area (Å²) in [5.74, 6) is 0.638. The van der Waals surface area contributed by atoms with Crippen LogP contribution in [0.4, 0.5) is 0 Å². The molecule has 0 amide bonds. The van der Waals surface area contributed by atoms with Crippen molar-refractivity contribution in [1.82, 2.24) is 10.6 Å². The summed E-state index contributed by atoms with van der Waals surface area (Å²) >= 11 is 0. The highest BCUT2D eigenvalue weighted by molar-refractivity contribution is 5.90. The lowest BCUT2D eigenvalue weighted by molar-refractivity contribution is 0.306. The molecule has 6 nitrogen and oxygen atoms in total. The van der Waals surface area contributed by atoms with Gasteiger partial charge in [0.25, 0.3) is 0 Å². The molecule has 0 heterocycles. The lowest BCUT2D eigenvalue weighted by Gasteiger charge is -2.28. The molecule has 1 atom stereocenters. The first kappa shape index (κ1) is 22.9. The van der Waals surface area contributed by atoms with Crippen LogP contribution in [0.3, 0.4) is 0 Å². The Hall–Kier alpha value is -1.14. The smallest absolute Gasteiger partial charge is 0.0734 e. The molecule has 0 saturated carbocycles. The van der Waals surface area contributed by atoms with Gasteiger partial charge < -0.3 is 21.0 Å². The third-order valence-corrected chi connectivity index (χ3v) is 5.04. The van der Waals surface area contributed by atoms with Gasteiger partial charge in [-0.25, -0.2) is 0 Å². The molecule has 0 aliphatic heterocycles. The summed E-state index contributed by atoms with van der Waals surface area (Å²) in [6.45, 7) is 15.8. The minimum atomic E-state index is -0.291. The first-order chi connectivity index (χ1) is 11.1. The Balaban J connectivity index is 4.37. The molecule has 0 aromatic heterocycles. The summed E-state index contributed by atoms with van der Waals surface area (Å²) in [6.07, 6.45) is 4.55. The summed E-state index contributed by atoms with van der Waals surface area (Å²) in [6, 6.07) is 0. The molecule has 4 N–H and O–H groups in total. The average Bonchev–Trinajstić information content (AvgIpc) is 2.52. The van der Waals surface area contributed by atoms with E-state index >= 15 is 0 Å². The Bertz CT molecular complexity index is 381. The van der Waals surface area contributed by atoms with Crippen LogP contribution in [0.1, 0.15) is 74.1 Å². The van der Waals surface area contributed by atoms with Crippen LogP contribution in [-0.2, 0) is 0 Å². The molecule has 0 aliphatic rings. The second-order valence-electron chi connectivity index (χ2n) is 7.71. The van der Waals surface area contributed by atoms with Crippen molar-refractivity contribution < 1.29 is 10.4 Å². The highest BCUT2D eigenvalue weighted by Gasteiger charge is 2.23. The molecule has 0 saturated heterocycles. The molecule has 0 aromatic rings. The number of nitrogens with one attached hydrogen (secondary N) is 2. The van der Waals surface area contributed by atoms with Gasteiger partial charge in [-0.3, -0.25) is 0 Å². The molecule has 0 fully saturated rings. The van der Waals surface area contributed by atoms with Crippen LogP contribution >= 0.6 is 0 Å². The normalized spacial score (nSPS) is 15.6. The highest BCUT2D eigenvalue weighted by Crippen LogP contribution is 2.17. The van der Waals surface area contributed by atoms with Crippen molar-refractivity contribution in [1.29, 1.82) is 0 Å². The van der Waals surface area contributed by atoms with E-state index in [1.165, 1.54) is 12.8 Å². The minimum absolute atomic E-state index is 0.291. The fourth-order valence-electron chi connectivity index (χ4n) is 2.52. The molecule has 0 aromatic carbocycles. The van der Waals surface area contributed by atoms with Crippen molar-refractivity contribution in [2.45, 2.75) is 85.2 Å². The van der Waals surface area contributed by atoms with Gasteiger partial charge in [0.05, 0.1) is 22.5 Å². The van der Waals surface area contributed by atoms with Crippen LogP contribution in [-0.4, -0.2) is 46.0 Å². The number of oxime groups is 2. The summed E-state index contributed by atoms with van der Waals surface area (Å²) in [4.78, 5) is 0. The molecule has 6 heteroatoms. The van der Waals surface area contributed by atoms with Crippen molar-refractivity contribution in [2.24, 2.45) is 16.2 Å². The van der Waals surface area contributed by atoms with Crippen LogP contribution in [0, 0.1) is 5.92 Å². The van der Waals surface area contributed by atoms with E-state index in [1.807, 2.05) is 41.5 Å². The van der Waals surface area contributed by atoms with Crippen molar-refractivity contribution in [3.8, 4) is 0 Å². The summed E-state index contributed by atoms with van der Waals surface area (Å²) in [7, 11) is 0. The SMILES string of the molecule is CCCC(CCNC(C)(C)/C(C)=N\O)CCNC(C)(C)/C(C)=N/O. The molecule has 142 valence electrons. The molecule has 1 unspecified atom stereocenters. The van der Waals surface area contributed by atoms with E-state index in [9.17, 15) is 0 Å².